The summed E-state index contributed by atoms with van der Waals surface area (Å²) < 4.78 is 22.2. The molecule has 0 fully saturated rings. The van der Waals surface area contributed by atoms with Crippen molar-refractivity contribution < 1.29 is 9.09 Å². The molecule has 0 aromatic heterocycles. The first-order valence-electron chi connectivity index (χ1n) is 7.87. The quantitative estimate of drug-likeness (QED) is 0.213. The normalized spacial score (nSPS) is 12.6. The molecule has 0 amide bonds. The van der Waals surface area contributed by atoms with Crippen molar-refractivity contribution in [2.24, 2.45) is 0 Å². The van der Waals surface area contributed by atoms with Gasteiger partial charge in [-0.05, 0) is 0 Å². The Kier molecular flexibility index (Phi) is 14.0. The molecule has 0 bridgehead atoms. The van der Waals surface area contributed by atoms with Crippen LogP contribution in [0.1, 0.15) is 59.3 Å². The Morgan fingerprint density at radius 2 is 1.42 bits per heavy atom. The van der Waals surface area contributed by atoms with Crippen LogP contribution in [0.4, 0.5) is 0 Å². The molecule has 2 nitrogen and oxygen atoms in total. The van der Waals surface area contributed by atoms with Gasteiger partial charge in [0.25, 0.3) is 0 Å². The zero-order valence-electron chi connectivity index (χ0n) is 13.0. The van der Waals surface area contributed by atoms with Crippen LogP contribution < -0.4 is 0 Å². The van der Waals surface area contributed by atoms with Crippen LogP contribution in [0.25, 0.3) is 0 Å². The number of unbranched alkanes of at least 4 members (excludes halogenated alkanes) is 3. The summed E-state index contributed by atoms with van der Waals surface area (Å²) in [6.45, 7) is 7.38. The summed E-state index contributed by atoms with van der Waals surface area (Å²) in [5, 5.41) is 0. The maximum absolute atomic E-state index is 10.3. The summed E-state index contributed by atoms with van der Waals surface area (Å²) in [5.74, 6) is 0. The predicted molar refractivity (Wildman–Crippen MR) is 87.6 cm³/mol. The standard InChI is InChI=1S/3C4H9.C3H4O2P.Sn/c3*1-3-4-2;1-2-3-5-6-4;/h3*1,3-4H2,2H3;1-2H,3H2;. The van der Waals surface area contributed by atoms with Crippen LogP contribution in [0.5, 0.6) is 0 Å². The van der Waals surface area contributed by atoms with Gasteiger partial charge < -0.3 is 0 Å². The van der Waals surface area contributed by atoms with Crippen molar-refractivity contribution in [3.63, 3.8) is 0 Å². The van der Waals surface area contributed by atoms with Crippen molar-refractivity contribution in [1.29, 1.82) is 0 Å². The van der Waals surface area contributed by atoms with E-state index in [1.54, 1.807) is 0 Å². The summed E-state index contributed by atoms with van der Waals surface area (Å²) in [5.41, 5.74) is 0. The molecule has 0 aliphatic rings. The second kappa shape index (κ2) is 13.6. The van der Waals surface area contributed by atoms with Gasteiger partial charge in [-0.1, -0.05) is 0 Å². The van der Waals surface area contributed by atoms with Gasteiger partial charge in [0.05, 0.1) is 0 Å². The van der Waals surface area contributed by atoms with E-state index in [1.165, 1.54) is 51.8 Å². The number of hydrogen-bond acceptors (Lipinski definition) is 2. The van der Waals surface area contributed by atoms with Crippen LogP contribution in [0.3, 0.4) is 0 Å². The molecule has 0 unspecified atom stereocenters. The summed E-state index contributed by atoms with van der Waals surface area (Å²) in [4.78, 5) is 0. The molecule has 112 valence electrons. The van der Waals surface area contributed by atoms with Crippen LogP contribution >= 0.6 is 8.69 Å². The molecule has 0 N–H and O–H groups in total. The van der Waals surface area contributed by atoms with E-state index in [2.05, 4.69) is 30.9 Å². The van der Waals surface area contributed by atoms with Crippen molar-refractivity contribution in [2.45, 2.75) is 72.6 Å². The fourth-order valence-electron chi connectivity index (χ4n) is 2.58. The summed E-state index contributed by atoms with van der Waals surface area (Å²) in [6, 6.07) is 0. The molecule has 0 radical (unpaired) electrons. The predicted octanol–water partition coefficient (Wildman–Crippen LogP) is 6.15. The minimum absolute atomic E-state index is 0.198. The third-order valence-electron chi connectivity index (χ3n) is 3.78. The average Bonchev–Trinajstić information content (AvgIpc) is 2.44. The van der Waals surface area contributed by atoms with Gasteiger partial charge in [0, 0.05) is 0 Å². The monoisotopic (exact) mass is 394 g/mol. The van der Waals surface area contributed by atoms with Gasteiger partial charge >= 0.3 is 126 Å². The van der Waals surface area contributed by atoms with E-state index in [-0.39, 0.29) is 8.69 Å². The Hall–Kier alpha value is 0.599. The molecule has 0 aromatic carbocycles. The zero-order valence-corrected chi connectivity index (χ0v) is 16.7. The van der Waals surface area contributed by atoms with E-state index in [9.17, 15) is 4.57 Å². The summed E-state index contributed by atoms with van der Waals surface area (Å²) in [6.07, 6.45) is 10.2. The van der Waals surface area contributed by atoms with Crippen LogP contribution in [0.15, 0.2) is 10.2 Å². The summed E-state index contributed by atoms with van der Waals surface area (Å²) >= 11 is -2.10. The molecule has 0 aliphatic heterocycles. The first-order valence-corrected chi connectivity index (χ1v) is 16.3. The third kappa shape index (κ3) is 10.0. The molecule has 0 saturated carbocycles. The second-order valence-corrected chi connectivity index (χ2v) is 18.9. The van der Waals surface area contributed by atoms with Crippen LogP contribution in [0, 0.1) is 0 Å². The topological polar surface area (TPSA) is 26.3 Å². The van der Waals surface area contributed by atoms with E-state index in [4.69, 9.17) is 4.52 Å². The van der Waals surface area contributed by atoms with Crippen LogP contribution in [-0.2, 0) is 9.09 Å². The van der Waals surface area contributed by atoms with Crippen molar-refractivity contribution in [1.82, 2.24) is 0 Å². The molecule has 0 saturated heterocycles. The van der Waals surface area contributed by atoms with Crippen molar-refractivity contribution >= 4 is 27.1 Å². The van der Waals surface area contributed by atoms with E-state index >= 15 is 0 Å². The average molecular weight is 393 g/mol. The Balaban J connectivity index is 4.64. The van der Waals surface area contributed by atoms with E-state index in [0.29, 0.717) is 6.61 Å². The summed E-state index contributed by atoms with van der Waals surface area (Å²) in [7, 11) is -0.198. The molecule has 0 rings (SSSR count). The van der Waals surface area contributed by atoms with Gasteiger partial charge in [-0.2, -0.15) is 0 Å². The molecule has 0 atom stereocenters. The first-order chi connectivity index (χ1) is 9.24. The first kappa shape index (κ1) is 19.6. The number of rotatable bonds is 13. The maximum atomic E-state index is 10.3. The number of hydrogen-bond donors (Lipinski definition) is 0. The van der Waals surface area contributed by atoms with Crippen molar-refractivity contribution in [3.05, 3.63) is 10.2 Å². The Morgan fingerprint density at radius 1 is 0.947 bits per heavy atom. The van der Waals surface area contributed by atoms with Gasteiger partial charge in [0.2, 0.25) is 0 Å². The Bertz CT molecular complexity index is 223. The van der Waals surface area contributed by atoms with E-state index < -0.39 is 18.4 Å². The van der Waals surface area contributed by atoms with Gasteiger partial charge in [-0.3, -0.25) is 0 Å². The van der Waals surface area contributed by atoms with Gasteiger partial charge in [0.1, 0.15) is 0 Å². The Morgan fingerprint density at radius 3 is 1.79 bits per heavy atom. The van der Waals surface area contributed by atoms with Crippen molar-refractivity contribution in [2.75, 3.05) is 6.61 Å². The van der Waals surface area contributed by atoms with Gasteiger partial charge in [-0.25, -0.2) is 0 Å². The van der Waals surface area contributed by atoms with Crippen LogP contribution in [-0.4, -0.2) is 25.0 Å². The fraction of sp³-hybridized carbons (Fsp3) is 0.867. The molecular formula is C15H31O2PSn. The molecule has 0 spiro atoms. The molecular weight excluding hydrogens is 362 g/mol. The SMILES string of the molecule is CCC[CH2][Sn](/[CH]=C/COP=O)([CH2]CCC)[CH2]CCC. The van der Waals surface area contributed by atoms with Crippen molar-refractivity contribution in [3.8, 4) is 0 Å². The van der Waals surface area contributed by atoms with E-state index in [1.807, 2.05) is 0 Å². The third-order valence-corrected chi connectivity index (χ3v) is 18.3. The van der Waals surface area contributed by atoms with Gasteiger partial charge in [0.15, 0.2) is 0 Å². The Labute approximate surface area is 125 Å². The minimum atomic E-state index is -2.10. The fourth-order valence-corrected chi connectivity index (χ4v) is 17.1. The second-order valence-electron chi connectivity index (χ2n) is 5.45. The molecule has 4 heteroatoms. The molecule has 0 aliphatic carbocycles. The van der Waals surface area contributed by atoms with Gasteiger partial charge in [-0.15, -0.1) is 0 Å². The van der Waals surface area contributed by atoms with E-state index in [0.717, 1.165) is 0 Å². The molecule has 19 heavy (non-hydrogen) atoms. The zero-order chi connectivity index (χ0) is 14.4. The van der Waals surface area contributed by atoms with Crippen LogP contribution in [0.2, 0.25) is 13.3 Å². The molecule has 0 heterocycles. The molecule has 0 aromatic rings.